The van der Waals surface area contributed by atoms with Crippen molar-refractivity contribution < 1.29 is 19.7 Å². The van der Waals surface area contributed by atoms with Crippen molar-refractivity contribution in [2.75, 3.05) is 31.6 Å². The van der Waals surface area contributed by atoms with E-state index >= 15 is 0 Å². The van der Waals surface area contributed by atoms with Gasteiger partial charge in [-0.05, 0) is 56.9 Å². The van der Waals surface area contributed by atoms with Gasteiger partial charge in [0, 0.05) is 44.1 Å². The number of hydrogen-bond donors (Lipinski definition) is 3. The summed E-state index contributed by atoms with van der Waals surface area (Å²) in [5, 5.41) is 22.2. The number of allylic oxidation sites excluding steroid dienone is 5. The number of hydrogen-bond acceptors (Lipinski definition) is 7. The summed E-state index contributed by atoms with van der Waals surface area (Å²) < 4.78 is 4.73. The molecular formula is C28H40N4O4. The quantitative estimate of drug-likeness (QED) is 0.504. The summed E-state index contributed by atoms with van der Waals surface area (Å²) in [6.07, 6.45) is 10.4. The Balaban J connectivity index is 0.000000324. The van der Waals surface area contributed by atoms with Gasteiger partial charge in [-0.3, -0.25) is 0 Å². The highest BCUT2D eigenvalue weighted by atomic mass is 16.6. The molecule has 1 amide bonds. The van der Waals surface area contributed by atoms with Crippen LogP contribution in [0.3, 0.4) is 0 Å². The lowest BCUT2D eigenvalue weighted by Crippen LogP contribution is -2.24. The molecule has 1 saturated heterocycles. The van der Waals surface area contributed by atoms with Crippen molar-refractivity contribution in [3.63, 3.8) is 0 Å². The van der Waals surface area contributed by atoms with Crippen molar-refractivity contribution in [3.8, 4) is 0 Å². The highest BCUT2D eigenvalue weighted by Gasteiger charge is 2.20. The maximum Gasteiger partial charge on any atom is 0.407 e. The fraction of sp³-hybridized carbons (Fsp3) is 0.464. The summed E-state index contributed by atoms with van der Waals surface area (Å²) in [6.45, 7) is 9.91. The number of alkyl carbamates (subject to hydrolysis) is 1. The van der Waals surface area contributed by atoms with Crippen LogP contribution in [0.5, 0.6) is 0 Å². The predicted octanol–water partition coefficient (Wildman–Crippen LogP) is 5.46. The lowest BCUT2D eigenvalue weighted by Gasteiger charge is -2.20. The van der Waals surface area contributed by atoms with E-state index in [4.69, 9.17) is 19.8 Å². The molecule has 0 saturated carbocycles. The number of carbonyl (C=O) groups excluding carboxylic acids is 1. The fourth-order valence-electron chi connectivity index (χ4n) is 3.83. The maximum absolute atomic E-state index is 10.5. The highest BCUT2D eigenvalue weighted by Crippen LogP contribution is 2.31. The van der Waals surface area contributed by atoms with E-state index in [1.807, 2.05) is 32.1 Å². The molecule has 1 fully saturated rings. The number of nitrogens with one attached hydrogen (secondary N) is 1. The highest BCUT2D eigenvalue weighted by molar-refractivity contribution is 5.91. The number of fused-ring (bicyclic) bond motifs is 1. The van der Waals surface area contributed by atoms with Crippen LogP contribution < -0.4 is 10.2 Å². The van der Waals surface area contributed by atoms with Gasteiger partial charge in [-0.2, -0.15) is 0 Å². The van der Waals surface area contributed by atoms with E-state index < -0.39 is 6.09 Å². The fourth-order valence-corrected chi connectivity index (χ4v) is 3.83. The van der Waals surface area contributed by atoms with E-state index in [1.165, 1.54) is 25.5 Å². The first kappa shape index (κ1) is 28.8. The second kappa shape index (κ2) is 14.9. The number of ether oxygens (including phenoxy) is 1. The Hall–Kier alpha value is -3.39. The van der Waals surface area contributed by atoms with Crippen molar-refractivity contribution in [2.45, 2.75) is 59.5 Å². The van der Waals surface area contributed by atoms with Crippen LogP contribution in [0.2, 0.25) is 0 Å². The Morgan fingerprint density at radius 3 is 2.58 bits per heavy atom. The van der Waals surface area contributed by atoms with Gasteiger partial charge in [-0.15, -0.1) is 0 Å². The van der Waals surface area contributed by atoms with Crippen LogP contribution in [0.4, 0.5) is 10.6 Å². The monoisotopic (exact) mass is 496 g/mol. The average molecular weight is 497 g/mol. The van der Waals surface area contributed by atoms with E-state index in [1.54, 1.807) is 13.0 Å². The van der Waals surface area contributed by atoms with Gasteiger partial charge in [0.1, 0.15) is 17.7 Å². The minimum Gasteiger partial charge on any atom is -0.508 e. The largest absolute Gasteiger partial charge is 0.508 e. The van der Waals surface area contributed by atoms with Gasteiger partial charge in [0.2, 0.25) is 0 Å². The molecule has 4 rings (SSSR count). The Bertz CT molecular complexity index is 1090. The third-order valence-corrected chi connectivity index (χ3v) is 5.69. The molecule has 196 valence electrons. The summed E-state index contributed by atoms with van der Waals surface area (Å²) >= 11 is 0. The van der Waals surface area contributed by atoms with Gasteiger partial charge in [0.25, 0.3) is 0 Å². The molecule has 1 aromatic heterocycles. The SMILES string of the molecule is CC.CNC(=O)OC(C)CCO.Cc1ccc2c(N3CCCC3)nc(C3=C(O)C=CC=CC3)nc2c1. The van der Waals surface area contributed by atoms with Crippen molar-refractivity contribution in [1.29, 1.82) is 0 Å². The first-order valence-electron chi connectivity index (χ1n) is 12.7. The number of carbonyl (C=O) groups is 1. The van der Waals surface area contributed by atoms with Crippen molar-refractivity contribution >= 4 is 28.4 Å². The minimum atomic E-state index is -0.457. The molecule has 1 aliphatic heterocycles. The number of aliphatic hydroxyl groups excluding tert-OH is 2. The average Bonchev–Trinajstić information content (AvgIpc) is 3.33. The zero-order valence-corrected chi connectivity index (χ0v) is 22.1. The first-order valence-corrected chi connectivity index (χ1v) is 12.7. The Kier molecular flexibility index (Phi) is 11.9. The number of anilines is 1. The Morgan fingerprint density at radius 1 is 1.19 bits per heavy atom. The molecule has 1 unspecified atom stereocenters. The van der Waals surface area contributed by atoms with Gasteiger partial charge in [0.15, 0.2) is 5.82 Å². The van der Waals surface area contributed by atoms with Crippen LogP contribution in [-0.2, 0) is 4.74 Å². The predicted molar refractivity (Wildman–Crippen MR) is 146 cm³/mol. The third kappa shape index (κ3) is 8.09. The van der Waals surface area contributed by atoms with Gasteiger partial charge in [-0.25, -0.2) is 14.8 Å². The number of rotatable bonds is 5. The second-order valence-corrected chi connectivity index (χ2v) is 8.42. The molecule has 1 aliphatic carbocycles. The van der Waals surface area contributed by atoms with Gasteiger partial charge in [-0.1, -0.05) is 38.1 Å². The van der Waals surface area contributed by atoms with E-state index in [-0.39, 0.29) is 18.5 Å². The second-order valence-electron chi connectivity index (χ2n) is 8.42. The smallest absolute Gasteiger partial charge is 0.407 e. The number of aryl methyl sites for hydroxylation is 1. The van der Waals surface area contributed by atoms with E-state index in [0.29, 0.717) is 18.7 Å². The molecule has 8 nitrogen and oxygen atoms in total. The number of amides is 1. The molecule has 0 bridgehead atoms. The van der Waals surface area contributed by atoms with Crippen molar-refractivity contribution in [2.24, 2.45) is 0 Å². The Morgan fingerprint density at radius 2 is 1.92 bits per heavy atom. The van der Waals surface area contributed by atoms with Crippen molar-refractivity contribution in [1.82, 2.24) is 15.3 Å². The lowest BCUT2D eigenvalue weighted by molar-refractivity contribution is 0.0919. The topological polar surface area (TPSA) is 108 Å². The van der Waals surface area contributed by atoms with E-state index in [2.05, 4.69) is 35.3 Å². The summed E-state index contributed by atoms with van der Waals surface area (Å²) in [6, 6.07) is 6.32. The molecule has 8 heteroatoms. The normalized spacial score (nSPS) is 15.4. The van der Waals surface area contributed by atoms with Gasteiger partial charge in [0.05, 0.1) is 5.52 Å². The zero-order chi connectivity index (χ0) is 26.5. The number of nitrogens with zero attached hydrogens (tertiary/aromatic N) is 3. The molecule has 2 aromatic rings. The molecule has 1 atom stereocenters. The molecule has 2 heterocycles. The molecule has 1 aromatic carbocycles. The summed E-state index contributed by atoms with van der Waals surface area (Å²) in [5.74, 6) is 1.87. The van der Waals surface area contributed by atoms with Crippen LogP contribution in [-0.4, -0.2) is 59.1 Å². The van der Waals surface area contributed by atoms with Crippen LogP contribution in [0.15, 0.2) is 48.3 Å². The van der Waals surface area contributed by atoms with E-state index in [9.17, 15) is 9.90 Å². The van der Waals surface area contributed by atoms with Crippen molar-refractivity contribution in [3.05, 3.63) is 59.7 Å². The number of benzene rings is 1. The van der Waals surface area contributed by atoms with Crippen LogP contribution in [0, 0.1) is 6.92 Å². The summed E-state index contributed by atoms with van der Waals surface area (Å²) in [5.41, 5.74) is 2.90. The molecule has 0 spiro atoms. The van der Waals surface area contributed by atoms with E-state index in [0.717, 1.165) is 35.4 Å². The van der Waals surface area contributed by atoms with Gasteiger partial charge >= 0.3 is 6.09 Å². The lowest BCUT2D eigenvalue weighted by atomic mass is 10.1. The standard InChI is InChI=1S/C20H21N3O.C6H13NO3.C2H6/c1-14-9-10-15-17(13-14)21-19(16-7-3-2-4-8-18(16)24)22-20(15)23-11-5-6-12-23;1-5(3-4-8)10-6(9)7-2;1-2/h2-4,8-10,13,24H,5-7,11-12H2,1H3;5,8H,3-4H2,1-2H3,(H,7,9);1-2H3. The summed E-state index contributed by atoms with van der Waals surface area (Å²) in [7, 11) is 1.49. The van der Waals surface area contributed by atoms with Crippen LogP contribution in [0.25, 0.3) is 16.5 Å². The molecular weight excluding hydrogens is 456 g/mol. The Labute approximate surface area is 214 Å². The van der Waals surface area contributed by atoms with Gasteiger partial charge < -0.3 is 25.2 Å². The summed E-state index contributed by atoms with van der Waals surface area (Å²) in [4.78, 5) is 22.4. The maximum atomic E-state index is 10.5. The molecule has 2 aliphatic rings. The van der Waals surface area contributed by atoms with Crippen LogP contribution >= 0.6 is 0 Å². The third-order valence-electron chi connectivity index (χ3n) is 5.69. The first-order chi connectivity index (χ1) is 17.4. The molecule has 3 N–H and O–H groups in total. The zero-order valence-electron chi connectivity index (χ0n) is 22.1. The number of aromatic nitrogens is 2. The molecule has 36 heavy (non-hydrogen) atoms. The molecule has 0 radical (unpaired) electrons. The number of aliphatic hydroxyl groups is 2. The van der Waals surface area contributed by atoms with Crippen LogP contribution in [0.1, 0.15) is 57.8 Å². The minimum absolute atomic E-state index is 0.0398.